The molecule has 0 aromatic rings. The number of Topliss-reactive ketones (excluding diaryl/α,β-unsaturated/α-hetero) is 1. The molecule has 0 aromatic carbocycles. The van der Waals surface area contributed by atoms with Gasteiger partial charge in [0.15, 0.2) is 5.78 Å². The van der Waals surface area contributed by atoms with Crippen molar-refractivity contribution < 1.29 is 28.8 Å². The molecule has 310 valence electrons. The lowest BCUT2D eigenvalue weighted by Crippen LogP contribution is -2.54. The van der Waals surface area contributed by atoms with Gasteiger partial charge in [0.1, 0.15) is 6.10 Å². The molecule has 0 aromatic heterocycles. The van der Waals surface area contributed by atoms with E-state index in [1.54, 1.807) is 0 Å². The van der Waals surface area contributed by atoms with E-state index < -0.39 is 11.4 Å². The number of rotatable bonds is 29. The van der Waals surface area contributed by atoms with Gasteiger partial charge in [-0.3, -0.25) is 9.59 Å². The van der Waals surface area contributed by atoms with E-state index in [-0.39, 0.29) is 17.9 Å². The molecule has 1 aliphatic heterocycles. The molecule has 0 unspecified atom stereocenters. The van der Waals surface area contributed by atoms with Crippen molar-refractivity contribution in [2.45, 2.75) is 221 Å². The van der Waals surface area contributed by atoms with E-state index in [4.69, 9.17) is 19.2 Å². The van der Waals surface area contributed by atoms with Gasteiger partial charge in [-0.15, -0.1) is 0 Å². The molecule has 5 atom stereocenters. The summed E-state index contributed by atoms with van der Waals surface area (Å²) in [5, 5.41) is 0. The summed E-state index contributed by atoms with van der Waals surface area (Å²) in [4.78, 5) is 37.8. The van der Waals surface area contributed by atoms with Crippen molar-refractivity contribution >= 4 is 11.8 Å². The number of hydrogen-bond acceptors (Lipinski definition) is 6. The van der Waals surface area contributed by atoms with Crippen molar-refractivity contribution in [1.29, 1.82) is 0 Å². The molecule has 0 N–H and O–H groups in total. The highest BCUT2D eigenvalue weighted by atomic mass is 17.2. The van der Waals surface area contributed by atoms with Crippen LogP contribution in [-0.4, -0.2) is 36.4 Å². The van der Waals surface area contributed by atoms with E-state index in [1.807, 2.05) is 20.8 Å². The average molecular weight is 755 g/mol. The zero-order valence-corrected chi connectivity index (χ0v) is 36.6. The van der Waals surface area contributed by atoms with E-state index in [2.05, 4.69) is 65.8 Å². The fraction of sp³-hybridized carbons (Fsp3) is 0.792. The van der Waals surface area contributed by atoms with Crippen LogP contribution < -0.4 is 0 Å². The number of allylic oxidation sites excluding steroid dienone is 5. The predicted octanol–water partition coefficient (Wildman–Crippen LogP) is 13.8. The Labute approximate surface area is 332 Å². The van der Waals surface area contributed by atoms with Crippen molar-refractivity contribution in [1.82, 2.24) is 0 Å². The number of methoxy groups -OCH3 is 1. The summed E-state index contributed by atoms with van der Waals surface area (Å²) in [5.41, 5.74) is 2.73. The Morgan fingerprint density at radius 2 is 1.44 bits per heavy atom. The third kappa shape index (κ3) is 17.0. The number of ether oxygens (including phenoxy) is 2. The van der Waals surface area contributed by atoms with Crippen molar-refractivity contribution in [3.63, 3.8) is 0 Å². The lowest BCUT2D eigenvalue weighted by atomic mass is 9.75. The summed E-state index contributed by atoms with van der Waals surface area (Å²) in [6, 6.07) is 0. The third-order valence-electron chi connectivity index (χ3n) is 12.1. The zero-order chi connectivity index (χ0) is 40.0. The molecule has 1 fully saturated rings. The maximum Gasteiger partial charge on any atom is 0.305 e. The lowest BCUT2D eigenvalue weighted by molar-refractivity contribution is -0.436. The predicted molar refractivity (Wildman–Crippen MR) is 225 cm³/mol. The molecular weight excluding hydrogens is 673 g/mol. The van der Waals surface area contributed by atoms with Crippen LogP contribution in [0.1, 0.15) is 204 Å². The second-order valence-corrected chi connectivity index (χ2v) is 17.6. The SMILES string of the molecule is CCCCC/C=C\C=C\[C@H](CCCCCCCC(=O)OC)OO[C@]12O[C@](C)(CCC[C@H](C)CCC[C@H](C)CCCC(C)C)CCC1=C(C)C(=O)C(C)=C2C. The molecule has 1 heterocycles. The minimum atomic E-state index is -1.21. The van der Waals surface area contributed by atoms with Gasteiger partial charge in [-0.25, -0.2) is 4.89 Å². The molecule has 0 bridgehead atoms. The van der Waals surface area contributed by atoms with Crippen molar-refractivity contribution in [2.24, 2.45) is 17.8 Å². The Balaban J connectivity index is 2.10. The minimum Gasteiger partial charge on any atom is -0.469 e. The van der Waals surface area contributed by atoms with Crippen LogP contribution in [0.15, 0.2) is 46.6 Å². The van der Waals surface area contributed by atoms with E-state index >= 15 is 0 Å². The van der Waals surface area contributed by atoms with Crippen molar-refractivity contribution in [3.05, 3.63) is 46.6 Å². The van der Waals surface area contributed by atoms with Crippen LogP contribution in [0.25, 0.3) is 0 Å². The van der Waals surface area contributed by atoms with Gasteiger partial charge in [0.05, 0.1) is 12.7 Å². The first kappa shape index (κ1) is 48.1. The number of hydrogen-bond donors (Lipinski definition) is 0. The Morgan fingerprint density at radius 1 is 0.796 bits per heavy atom. The first-order valence-corrected chi connectivity index (χ1v) is 22.2. The molecule has 6 nitrogen and oxygen atoms in total. The second-order valence-electron chi connectivity index (χ2n) is 17.6. The summed E-state index contributed by atoms with van der Waals surface area (Å²) in [5.74, 6) is 1.06. The monoisotopic (exact) mass is 755 g/mol. The molecule has 2 rings (SSSR count). The van der Waals surface area contributed by atoms with Gasteiger partial charge < -0.3 is 9.47 Å². The third-order valence-corrected chi connectivity index (χ3v) is 12.1. The van der Waals surface area contributed by atoms with Crippen LogP contribution in [0, 0.1) is 17.8 Å². The standard InChI is InChI=1S/C48H82O6/c1-11-12-13-14-15-17-20-31-43(32-21-18-16-19-22-33-45(49)51-10)52-54-48-42(8)40(6)46(50)41(7)44(48)34-36-47(9,53-48)35-25-30-39(5)29-24-28-38(4)27-23-26-37(2)3/h15,17,20,31,37-39,43H,11-14,16,18-19,21-30,32-36H2,1-10H3/b17-15-,31-20+/t38-,39-,43-,47-,48+/m1/s1. The highest BCUT2D eigenvalue weighted by molar-refractivity contribution is 6.10. The second kappa shape index (κ2) is 26.0. The molecule has 6 heteroatoms. The van der Waals surface area contributed by atoms with Gasteiger partial charge in [0.25, 0.3) is 0 Å². The van der Waals surface area contributed by atoms with Crippen molar-refractivity contribution in [3.8, 4) is 0 Å². The van der Waals surface area contributed by atoms with Gasteiger partial charge in [0.2, 0.25) is 5.79 Å². The van der Waals surface area contributed by atoms with Gasteiger partial charge >= 0.3 is 5.97 Å². The van der Waals surface area contributed by atoms with Crippen LogP contribution in [0.3, 0.4) is 0 Å². The van der Waals surface area contributed by atoms with E-state index in [0.29, 0.717) is 17.9 Å². The Hall–Kier alpha value is -2.02. The maximum atomic E-state index is 13.3. The van der Waals surface area contributed by atoms with Gasteiger partial charge in [-0.1, -0.05) is 149 Å². The van der Waals surface area contributed by atoms with Crippen LogP contribution in [0.5, 0.6) is 0 Å². The number of carbonyl (C=O) groups is 2. The highest BCUT2D eigenvalue weighted by Gasteiger charge is 2.54. The average Bonchev–Trinajstić information content (AvgIpc) is 3.13. The fourth-order valence-electron chi connectivity index (χ4n) is 8.12. The number of carbonyl (C=O) groups excluding carboxylic acids is 2. The quantitative estimate of drug-likeness (QED) is 0.0249. The lowest BCUT2D eigenvalue weighted by Gasteiger charge is -2.50. The molecule has 2 aliphatic rings. The van der Waals surface area contributed by atoms with E-state index in [0.717, 1.165) is 99.2 Å². The Morgan fingerprint density at radius 3 is 2.11 bits per heavy atom. The fourth-order valence-corrected chi connectivity index (χ4v) is 8.12. The summed E-state index contributed by atoms with van der Waals surface area (Å²) in [7, 11) is 1.45. The Kier molecular flexibility index (Phi) is 23.2. The largest absolute Gasteiger partial charge is 0.469 e. The summed E-state index contributed by atoms with van der Waals surface area (Å²) < 4.78 is 11.9. The molecule has 0 amide bonds. The van der Waals surface area contributed by atoms with Crippen LogP contribution in [0.4, 0.5) is 0 Å². The van der Waals surface area contributed by atoms with E-state index in [9.17, 15) is 9.59 Å². The smallest absolute Gasteiger partial charge is 0.305 e. The van der Waals surface area contributed by atoms with Crippen LogP contribution >= 0.6 is 0 Å². The van der Waals surface area contributed by atoms with Crippen LogP contribution in [-0.2, 0) is 28.8 Å². The molecule has 1 saturated heterocycles. The molecule has 0 spiro atoms. The summed E-state index contributed by atoms with van der Waals surface area (Å²) in [6.45, 7) is 19.7. The molecular formula is C48H82O6. The topological polar surface area (TPSA) is 71.1 Å². The number of ketones is 1. The maximum absolute atomic E-state index is 13.3. The highest BCUT2D eigenvalue weighted by Crippen LogP contribution is 2.51. The molecule has 1 aliphatic carbocycles. The first-order valence-electron chi connectivity index (χ1n) is 22.2. The normalized spacial score (nSPS) is 22.5. The van der Waals surface area contributed by atoms with Gasteiger partial charge in [-0.05, 0) is 96.0 Å². The van der Waals surface area contributed by atoms with Gasteiger partial charge in [0, 0.05) is 23.1 Å². The van der Waals surface area contributed by atoms with Gasteiger partial charge in [-0.2, -0.15) is 4.89 Å². The first-order chi connectivity index (χ1) is 25.8. The van der Waals surface area contributed by atoms with Crippen LogP contribution in [0.2, 0.25) is 0 Å². The molecule has 54 heavy (non-hydrogen) atoms. The summed E-state index contributed by atoms with van der Waals surface area (Å²) >= 11 is 0. The zero-order valence-electron chi connectivity index (χ0n) is 36.6. The Bertz CT molecular complexity index is 1230. The van der Waals surface area contributed by atoms with Crippen molar-refractivity contribution in [2.75, 3.05) is 7.11 Å². The number of unbranched alkanes of at least 4 members (excludes halogenated alkanes) is 7. The minimum absolute atomic E-state index is 0.0776. The number of fused-ring (bicyclic) bond motifs is 1. The summed E-state index contributed by atoms with van der Waals surface area (Å²) in [6.07, 6.45) is 32.1. The van der Waals surface area contributed by atoms with E-state index in [1.165, 1.54) is 71.3 Å². The molecule has 0 radical (unpaired) electrons. The number of esters is 1. The molecule has 0 saturated carbocycles.